The van der Waals surface area contributed by atoms with E-state index in [1.165, 1.54) is 22.2 Å². The Bertz CT molecular complexity index is 635. The van der Waals surface area contributed by atoms with Gasteiger partial charge in [0.05, 0.1) is 16.5 Å². The van der Waals surface area contributed by atoms with E-state index >= 15 is 0 Å². The highest BCUT2D eigenvalue weighted by Crippen LogP contribution is 2.48. The van der Waals surface area contributed by atoms with E-state index < -0.39 is 0 Å². The molecule has 1 atom stereocenters. The van der Waals surface area contributed by atoms with E-state index in [1.54, 1.807) is 11.8 Å². The smallest absolute Gasteiger partial charge is 0.261 e. The quantitative estimate of drug-likeness (QED) is 0.835. The van der Waals surface area contributed by atoms with Gasteiger partial charge in [-0.1, -0.05) is 11.8 Å². The fourth-order valence-electron chi connectivity index (χ4n) is 2.98. The van der Waals surface area contributed by atoms with E-state index in [0.717, 1.165) is 37.1 Å². The number of allylic oxidation sites excluding steroid dienone is 1. The first-order valence-electron chi connectivity index (χ1n) is 7.67. The van der Waals surface area contributed by atoms with Crippen molar-refractivity contribution < 1.29 is 9.59 Å². The van der Waals surface area contributed by atoms with Crippen LogP contribution in [0.5, 0.6) is 0 Å². The number of nitrogens with one attached hydrogen (secondary N) is 1. The summed E-state index contributed by atoms with van der Waals surface area (Å²) in [6, 6.07) is 0.394. The van der Waals surface area contributed by atoms with Crippen LogP contribution in [-0.4, -0.2) is 40.2 Å². The molecule has 0 aromatic rings. The van der Waals surface area contributed by atoms with Crippen molar-refractivity contribution in [3.63, 3.8) is 0 Å². The molecule has 7 heteroatoms. The summed E-state index contributed by atoms with van der Waals surface area (Å²) in [6.45, 7) is 0. The first kappa shape index (κ1) is 14.5. The first-order valence-corrected chi connectivity index (χ1v) is 9.64. The van der Waals surface area contributed by atoms with Crippen molar-refractivity contribution >= 4 is 46.2 Å². The number of nitrogens with zero attached hydrogens (tertiary/aromatic N) is 2. The largest absolute Gasteiger partial charge is 0.353 e. The maximum absolute atomic E-state index is 12.3. The lowest BCUT2D eigenvalue weighted by molar-refractivity contribution is -0.119. The van der Waals surface area contributed by atoms with Crippen molar-refractivity contribution in [1.29, 1.82) is 0 Å². The van der Waals surface area contributed by atoms with Gasteiger partial charge in [0.1, 0.15) is 11.8 Å². The van der Waals surface area contributed by atoms with Gasteiger partial charge in [0.15, 0.2) is 0 Å². The second-order valence-corrected chi connectivity index (χ2v) is 8.09. The summed E-state index contributed by atoms with van der Waals surface area (Å²) in [4.78, 5) is 33.9. The van der Waals surface area contributed by atoms with Crippen LogP contribution in [0.2, 0.25) is 0 Å². The highest BCUT2D eigenvalue weighted by Gasteiger charge is 2.41. The summed E-state index contributed by atoms with van der Waals surface area (Å²) in [5, 5.41) is 3.86. The topological polar surface area (TPSA) is 70.9 Å². The molecule has 2 amide bonds. The monoisotopic (exact) mass is 335 g/mol. The zero-order valence-electron chi connectivity index (χ0n) is 12.1. The number of fused-ring (bicyclic) bond motifs is 2. The lowest BCUT2D eigenvalue weighted by atomic mass is 9.98. The second-order valence-electron chi connectivity index (χ2n) is 5.99. The van der Waals surface area contributed by atoms with Gasteiger partial charge >= 0.3 is 0 Å². The highest BCUT2D eigenvalue weighted by atomic mass is 32.2. The minimum Gasteiger partial charge on any atom is -0.353 e. The van der Waals surface area contributed by atoms with Crippen LogP contribution in [0.3, 0.4) is 0 Å². The number of thioether (sulfide) groups is 2. The van der Waals surface area contributed by atoms with E-state index in [1.807, 2.05) is 0 Å². The third-order valence-electron chi connectivity index (χ3n) is 4.16. The van der Waals surface area contributed by atoms with Crippen molar-refractivity contribution in [3.8, 4) is 0 Å². The SMILES string of the molecule is O=C(CSCC1=NC(=O)C2C(=N1)SC1=C2CCC1)NC1CC1. The molecular weight excluding hydrogens is 318 g/mol. The van der Waals surface area contributed by atoms with E-state index in [0.29, 0.717) is 23.4 Å². The standard InChI is InChI=1S/C15H17N3O2S2/c19-12(16-8-4-5-8)7-21-6-11-17-14(20)13-9-2-1-3-10(9)22-15(13)18-11/h8,13H,1-7H2,(H,16,19). The summed E-state index contributed by atoms with van der Waals surface area (Å²) >= 11 is 3.14. The molecule has 22 heavy (non-hydrogen) atoms. The van der Waals surface area contributed by atoms with Gasteiger partial charge < -0.3 is 5.32 Å². The number of amidine groups is 1. The Morgan fingerprint density at radius 1 is 1.32 bits per heavy atom. The molecule has 2 heterocycles. The molecule has 1 unspecified atom stereocenters. The predicted octanol–water partition coefficient (Wildman–Crippen LogP) is 2.14. The van der Waals surface area contributed by atoms with E-state index in [4.69, 9.17) is 0 Å². The summed E-state index contributed by atoms with van der Waals surface area (Å²) in [5.74, 6) is 1.30. The Morgan fingerprint density at radius 3 is 3.00 bits per heavy atom. The lowest BCUT2D eigenvalue weighted by Crippen LogP contribution is -2.28. The Kier molecular flexibility index (Phi) is 3.86. The molecule has 4 aliphatic rings. The fourth-order valence-corrected chi connectivity index (χ4v) is 5.02. The van der Waals surface area contributed by atoms with Gasteiger partial charge in [-0.3, -0.25) is 9.59 Å². The second kappa shape index (κ2) is 5.85. The average molecular weight is 335 g/mol. The molecule has 0 aromatic heterocycles. The average Bonchev–Trinajstić information content (AvgIpc) is 3.03. The molecular formula is C15H17N3O2S2. The molecule has 0 bridgehead atoms. The maximum atomic E-state index is 12.3. The molecule has 1 saturated carbocycles. The van der Waals surface area contributed by atoms with Crippen LogP contribution in [0.1, 0.15) is 32.1 Å². The molecule has 0 aromatic carbocycles. The van der Waals surface area contributed by atoms with Gasteiger partial charge in [-0.15, -0.1) is 11.8 Å². The number of carbonyl (C=O) groups is 2. The number of aliphatic imine (C=N–C) groups is 2. The van der Waals surface area contributed by atoms with Gasteiger partial charge in [0.2, 0.25) is 5.91 Å². The molecule has 0 radical (unpaired) electrons. The van der Waals surface area contributed by atoms with E-state index in [9.17, 15) is 9.59 Å². The molecule has 0 saturated heterocycles. The Labute approximate surface area is 137 Å². The predicted molar refractivity (Wildman–Crippen MR) is 90.3 cm³/mol. The fraction of sp³-hybridized carbons (Fsp3) is 0.600. The minimum absolute atomic E-state index is 0.0663. The van der Waals surface area contributed by atoms with Crippen LogP contribution in [0, 0.1) is 5.92 Å². The Balaban J connectivity index is 1.33. The Morgan fingerprint density at radius 2 is 2.18 bits per heavy atom. The van der Waals surface area contributed by atoms with Crippen LogP contribution < -0.4 is 5.32 Å². The van der Waals surface area contributed by atoms with Gasteiger partial charge in [-0.25, -0.2) is 4.99 Å². The third-order valence-corrected chi connectivity index (χ3v) is 6.34. The van der Waals surface area contributed by atoms with Gasteiger partial charge in [-0.05, 0) is 42.6 Å². The molecule has 1 N–H and O–H groups in total. The number of rotatable bonds is 5. The van der Waals surface area contributed by atoms with E-state index in [2.05, 4.69) is 15.3 Å². The third kappa shape index (κ3) is 2.88. The summed E-state index contributed by atoms with van der Waals surface area (Å²) in [6.07, 6.45) is 5.44. The number of hydrogen-bond donors (Lipinski definition) is 1. The number of hydrogen-bond acceptors (Lipinski definition) is 5. The molecule has 116 valence electrons. The zero-order chi connectivity index (χ0) is 15.1. The van der Waals surface area contributed by atoms with Crippen molar-refractivity contribution in [2.75, 3.05) is 11.5 Å². The first-order chi connectivity index (χ1) is 10.7. The summed E-state index contributed by atoms with van der Waals surface area (Å²) in [7, 11) is 0. The number of carbonyl (C=O) groups excluding carboxylic acids is 2. The maximum Gasteiger partial charge on any atom is 0.261 e. The molecule has 0 spiro atoms. The van der Waals surface area contributed by atoms with Gasteiger partial charge in [0.25, 0.3) is 5.91 Å². The van der Waals surface area contributed by atoms with Crippen molar-refractivity contribution in [3.05, 3.63) is 10.5 Å². The van der Waals surface area contributed by atoms with Crippen LogP contribution >= 0.6 is 23.5 Å². The van der Waals surface area contributed by atoms with Gasteiger partial charge in [-0.2, -0.15) is 4.99 Å². The molecule has 4 rings (SSSR count). The van der Waals surface area contributed by atoms with Crippen molar-refractivity contribution in [2.24, 2.45) is 15.9 Å². The summed E-state index contributed by atoms with van der Waals surface area (Å²) < 4.78 is 0. The van der Waals surface area contributed by atoms with Crippen LogP contribution in [0.15, 0.2) is 20.5 Å². The Hall–Kier alpha value is -1.08. The molecule has 1 fully saturated rings. The highest BCUT2D eigenvalue weighted by molar-refractivity contribution is 8.17. The molecule has 2 aliphatic heterocycles. The molecule has 2 aliphatic carbocycles. The van der Waals surface area contributed by atoms with Gasteiger partial charge in [0, 0.05) is 6.04 Å². The number of amides is 2. The summed E-state index contributed by atoms with van der Waals surface area (Å²) in [5.41, 5.74) is 1.26. The van der Waals surface area contributed by atoms with Crippen LogP contribution in [0.4, 0.5) is 0 Å². The van der Waals surface area contributed by atoms with Crippen LogP contribution in [-0.2, 0) is 9.59 Å². The molecule has 5 nitrogen and oxygen atoms in total. The zero-order valence-corrected chi connectivity index (χ0v) is 13.8. The van der Waals surface area contributed by atoms with E-state index in [-0.39, 0.29) is 17.7 Å². The normalized spacial score (nSPS) is 26.5. The van der Waals surface area contributed by atoms with Crippen LogP contribution in [0.25, 0.3) is 0 Å². The van der Waals surface area contributed by atoms with Crippen molar-refractivity contribution in [2.45, 2.75) is 38.1 Å². The minimum atomic E-state index is -0.186. The van der Waals surface area contributed by atoms with Crippen molar-refractivity contribution in [1.82, 2.24) is 5.32 Å². The lowest BCUT2D eigenvalue weighted by Gasteiger charge is -2.16.